The molecule has 0 spiro atoms. The third-order valence-electron chi connectivity index (χ3n) is 2.94. The SMILES string of the molecule is COC(=O)CCCCCSc1nc2ccc(O)c(Br)c2s1. The Balaban J connectivity index is 1.79. The molecule has 0 aliphatic carbocycles. The summed E-state index contributed by atoms with van der Waals surface area (Å²) in [5, 5.41) is 9.65. The van der Waals surface area contributed by atoms with Gasteiger partial charge in [0.2, 0.25) is 0 Å². The molecule has 1 N–H and O–H groups in total. The number of hydrogen-bond acceptors (Lipinski definition) is 6. The largest absolute Gasteiger partial charge is 0.507 e. The molecule has 0 saturated heterocycles. The van der Waals surface area contributed by atoms with E-state index in [1.165, 1.54) is 7.11 Å². The summed E-state index contributed by atoms with van der Waals surface area (Å²) in [6.45, 7) is 0. The molecule has 0 radical (unpaired) electrons. The lowest BCUT2D eigenvalue weighted by molar-refractivity contribution is -0.140. The van der Waals surface area contributed by atoms with E-state index in [-0.39, 0.29) is 11.7 Å². The van der Waals surface area contributed by atoms with Crippen molar-refractivity contribution < 1.29 is 14.6 Å². The number of carbonyl (C=O) groups excluding carboxylic acids is 1. The van der Waals surface area contributed by atoms with Gasteiger partial charge in [0.1, 0.15) is 5.75 Å². The van der Waals surface area contributed by atoms with Gasteiger partial charge in [0.05, 0.1) is 21.8 Å². The molecule has 1 aromatic heterocycles. The third kappa shape index (κ3) is 4.59. The van der Waals surface area contributed by atoms with Gasteiger partial charge in [0.15, 0.2) is 4.34 Å². The number of unbranched alkanes of at least 4 members (excludes halogenated alkanes) is 2. The van der Waals surface area contributed by atoms with Crippen LogP contribution in [0.1, 0.15) is 25.7 Å². The van der Waals surface area contributed by atoms with Crippen LogP contribution in [0.15, 0.2) is 20.9 Å². The van der Waals surface area contributed by atoms with Gasteiger partial charge < -0.3 is 9.84 Å². The monoisotopic (exact) mass is 389 g/mol. The topological polar surface area (TPSA) is 59.4 Å². The number of halogens is 1. The smallest absolute Gasteiger partial charge is 0.305 e. The van der Waals surface area contributed by atoms with Crippen molar-refractivity contribution in [3.8, 4) is 5.75 Å². The van der Waals surface area contributed by atoms with Crippen LogP contribution in [0.3, 0.4) is 0 Å². The number of methoxy groups -OCH3 is 1. The fourth-order valence-electron chi connectivity index (χ4n) is 1.80. The number of rotatable bonds is 7. The Hall–Kier alpha value is -0.790. The van der Waals surface area contributed by atoms with Gasteiger partial charge in [-0.25, -0.2) is 4.98 Å². The summed E-state index contributed by atoms with van der Waals surface area (Å²) in [5.74, 6) is 1.08. The van der Waals surface area contributed by atoms with Crippen LogP contribution in [-0.4, -0.2) is 28.9 Å². The standard InChI is InChI=1S/C14H16BrNO3S2/c1-19-11(18)5-3-2-4-8-20-14-16-9-6-7-10(17)12(15)13(9)21-14/h6-7,17H,2-5,8H2,1H3. The fourth-order valence-corrected chi connectivity index (χ4v) is 4.53. The van der Waals surface area contributed by atoms with Crippen LogP contribution in [-0.2, 0) is 9.53 Å². The molecule has 0 aliphatic heterocycles. The zero-order valence-electron chi connectivity index (χ0n) is 11.6. The quantitative estimate of drug-likeness (QED) is 0.426. The van der Waals surface area contributed by atoms with Crippen molar-refractivity contribution in [1.82, 2.24) is 4.98 Å². The number of fused-ring (bicyclic) bond motifs is 1. The zero-order valence-corrected chi connectivity index (χ0v) is 14.8. The van der Waals surface area contributed by atoms with E-state index in [1.807, 2.05) is 6.07 Å². The Bertz CT molecular complexity index is 630. The van der Waals surface area contributed by atoms with E-state index in [0.717, 1.165) is 39.6 Å². The lowest BCUT2D eigenvalue weighted by atomic mass is 10.2. The summed E-state index contributed by atoms with van der Waals surface area (Å²) >= 11 is 6.68. The summed E-state index contributed by atoms with van der Waals surface area (Å²) in [4.78, 5) is 15.5. The Morgan fingerprint density at radius 3 is 3.00 bits per heavy atom. The lowest BCUT2D eigenvalue weighted by Crippen LogP contribution is -1.99. The number of benzene rings is 1. The number of thiazole rings is 1. The molecule has 1 aromatic carbocycles. The first-order chi connectivity index (χ1) is 10.1. The first-order valence-corrected chi connectivity index (χ1v) is 9.19. The van der Waals surface area contributed by atoms with Gasteiger partial charge in [-0.15, -0.1) is 11.3 Å². The Morgan fingerprint density at radius 1 is 1.43 bits per heavy atom. The molecule has 0 atom stereocenters. The molecule has 2 aromatic rings. The molecule has 0 bridgehead atoms. The van der Waals surface area contributed by atoms with Crippen LogP contribution in [0.5, 0.6) is 5.75 Å². The van der Waals surface area contributed by atoms with E-state index >= 15 is 0 Å². The summed E-state index contributed by atoms with van der Waals surface area (Å²) < 4.78 is 7.29. The number of phenolic OH excluding ortho intramolecular Hbond substituents is 1. The van der Waals surface area contributed by atoms with Crippen molar-refractivity contribution in [2.24, 2.45) is 0 Å². The molecule has 7 heteroatoms. The molecular weight excluding hydrogens is 374 g/mol. The van der Waals surface area contributed by atoms with Crippen molar-refractivity contribution in [3.63, 3.8) is 0 Å². The summed E-state index contributed by atoms with van der Waals surface area (Å²) in [7, 11) is 1.42. The maximum Gasteiger partial charge on any atom is 0.305 e. The minimum atomic E-state index is -0.140. The predicted octanol–water partition coefficient (Wildman–Crippen LogP) is 4.59. The van der Waals surface area contributed by atoms with E-state index in [4.69, 9.17) is 0 Å². The van der Waals surface area contributed by atoms with Crippen molar-refractivity contribution >= 4 is 55.2 Å². The second kappa shape index (κ2) is 8.00. The van der Waals surface area contributed by atoms with E-state index in [2.05, 4.69) is 25.7 Å². The molecule has 21 heavy (non-hydrogen) atoms. The van der Waals surface area contributed by atoms with Gasteiger partial charge in [0, 0.05) is 12.2 Å². The molecule has 0 aliphatic rings. The number of thioether (sulfide) groups is 1. The van der Waals surface area contributed by atoms with Crippen molar-refractivity contribution in [3.05, 3.63) is 16.6 Å². The fraction of sp³-hybridized carbons (Fsp3) is 0.429. The van der Waals surface area contributed by atoms with Gasteiger partial charge >= 0.3 is 5.97 Å². The molecule has 0 amide bonds. The maximum absolute atomic E-state index is 11.0. The Kier molecular flexibility index (Phi) is 6.32. The van der Waals surface area contributed by atoms with E-state index in [1.54, 1.807) is 29.2 Å². The maximum atomic E-state index is 11.0. The predicted molar refractivity (Wildman–Crippen MR) is 90.2 cm³/mol. The molecule has 2 rings (SSSR count). The van der Waals surface area contributed by atoms with Crippen LogP contribution in [0.25, 0.3) is 10.2 Å². The highest BCUT2D eigenvalue weighted by Gasteiger charge is 2.10. The molecule has 114 valence electrons. The van der Waals surface area contributed by atoms with Crippen molar-refractivity contribution in [2.75, 3.05) is 12.9 Å². The van der Waals surface area contributed by atoms with E-state index < -0.39 is 0 Å². The summed E-state index contributed by atoms with van der Waals surface area (Å²) in [6.07, 6.45) is 3.42. The number of nitrogens with zero attached hydrogens (tertiary/aromatic N) is 1. The highest BCUT2D eigenvalue weighted by Crippen LogP contribution is 2.38. The third-order valence-corrected chi connectivity index (χ3v) is 6.32. The number of phenols is 1. The Labute approximate surface area is 140 Å². The van der Waals surface area contributed by atoms with E-state index in [0.29, 0.717) is 10.9 Å². The lowest BCUT2D eigenvalue weighted by Gasteiger charge is -1.99. The molecule has 0 unspecified atom stereocenters. The van der Waals surface area contributed by atoms with Crippen LogP contribution in [0.4, 0.5) is 0 Å². The van der Waals surface area contributed by atoms with Gasteiger partial charge in [0.25, 0.3) is 0 Å². The van der Waals surface area contributed by atoms with Crippen LogP contribution in [0, 0.1) is 0 Å². The number of aromatic hydroxyl groups is 1. The van der Waals surface area contributed by atoms with Crippen LogP contribution in [0.2, 0.25) is 0 Å². The number of hydrogen-bond donors (Lipinski definition) is 1. The molecular formula is C14H16BrNO3S2. The molecule has 0 fully saturated rings. The summed E-state index contributed by atoms with van der Waals surface area (Å²) in [6, 6.07) is 3.47. The number of aromatic nitrogens is 1. The van der Waals surface area contributed by atoms with Crippen molar-refractivity contribution in [1.29, 1.82) is 0 Å². The summed E-state index contributed by atoms with van der Waals surface area (Å²) in [5.41, 5.74) is 0.901. The van der Waals surface area contributed by atoms with E-state index in [9.17, 15) is 9.90 Å². The highest BCUT2D eigenvalue weighted by molar-refractivity contribution is 9.10. The average molecular weight is 390 g/mol. The molecule has 0 saturated carbocycles. The normalized spacial score (nSPS) is 11.0. The van der Waals surface area contributed by atoms with Gasteiger partial charge in [-0.05, 0) is 40.9 Å². The molecule has 1 heterocycles. The number of ether oxygens (including phenoxy) is 1. The number of esters is 1. The zero-order chi connectivity index (χ0) is 15.2. The van der Waals surface area contributed by atoms with Gasteiger partial charge in [-0.3, -0.25) is 4.79 Å². The first-order valence-electron chi connectivity index (χ1n) is 6.59. The number of carbonyl (C=O) groups is 1. The van der Waals surface area contributed by atoms with Gasteiger partial charge in [-0.2, -0.15) is 0 Å². The van der Waals surface area contributed by atoms with Crippen LogP contribution < -0.4 is 0 Å². The minimum absolute atomic E-state index is 0.140. The van der Waals surface area contributed by atoms with Crippen molar-refractivity contribution in [2.45, 2.75) is 30.0 Å². The van der Waals surface area contributed by atoms with Crippen LogP contribution >= 0.6 is 39.0 Å². The molecule has 4 nitrogen and oxygen atoms in total. The second-order valence-electron chi connectivity index (χ2n) is 4.46. The highest BCUT2D eigenvalue weighted by atomic mass is 79.9. The second-order valence-corrected chi connectivity index (χ2v) is 7.60. The Morgan fingerprint density at radius 2 is 2.24 bits per heavy atom. The first kappa shape index (κ1) is 16.6. The van der Waals surface area contributed by atoms with Gasteiger partial charge in [-0.1, -0.05) is 18.2 Å². The minimum Gasteiger partial charge on any atom is -0.507 e. The average Bonchev–Trinajstić information content (AvgIpc) is 2.90.